The van der Waals surface area contributed by atoms with Crippen LogP contribution in [0.15, 0.2) is 0 Å². The topological polar surface area (TPSA) is 41.6 Å². The summed E-state index contributed by atoms with van der Waals surface area (Å²) in [5, 5.41) is 3.70. The van der Waals surface area contributed by atoms with Crippen LogP contribution in [0.25, 0.3) is 0 Å². The molecule has 0 spiro atoms. The molecule has 1 aliphatic heterocycles. The van der Waals surface area contributed by atoms with Crippen molar-refractivity contribution in [2.75, 3.05) is 20.2 Å². The van der Waals surface area contributed by atoms with Gasteiger partial charge in [-0.2, -0.15) is 0 Å². The van der Waals surface area contributed by atoms with E-state index in [9.17, 15) is 4.79 Å². The molecule has 2 fully saturated rings. The molecule has 1 aliphatic carbocycles. The van der Waals surface area contributed by atoms with Gasteiger partial charge in [-0.05, 0) is 40.2 Å². The Bertz CT molecular complexity index is 314. The quantitative estimate of drug-likeness (QED) is 0.635. The van der Waals surface area contributed by atoms with Crippen LogP contribution in [0.4, 0.5) is 0 Å². The van der Waals surface area contributed by atoms with E-state index in [4.69, 9.17) is 4.74 Å². The third-order valence-electron chi connectivity index (χ3n) is 4.92. The lowest BCUT2D eigenvalue weighted by Crippen LogP contribution is -2.58. The van der Waals surface area contributed by atoms with Crippen molar-refractivity contribution in [1.29, 1.82) is 0 Å². The zero-order valence-electron chi connectivity index (χ0n) is 13.3. The highest BCUT2D eigenvalue weighted by Crippen LogP contribution is 2.30. The Morgan fingerprint density at radius 1 is 1.30 bits per heavy atom. The molecule has 0 aromatic carbocycles. The molecule has 0 aromatic rings. The van der Waals surface area contributed by atoms with E-state index in [2.05, 4.69) is 24.2 Å². The molecule has 0 amide bonds. The zero-order valence-corrected chi connectivity index (χ0v) is 13.3. The molecule has 0 radical (unpaired) electrons. The predicted molar refractivity (Wildman–Crippen MR) is 80.7 cm³/mol. The van der Waals surface area contributed by atoms with Gasteiger partial charge in [-0.3, -0.25) is 5.32 Å². The lowest BCUT2D eigenvalue weighted by molar-refractivity contribution is -0.151. The van der Waals surface area contributed by atoms with Crippen LogP contribution in [0, 0.1) is 0 Å². The van der Waals surface area contributed by atoms with E-state index in [1.54, 1.807) is 0 Å². The van der Waals surface area contributed by atoms with Crippen molar-refractivity contribution in [3.05, 3.63) is 0 Å². The van der Waals surface area contributed by atoms with Gasteiger partial charge >= 0.3 is 5.97 Å². The molecule has 1 saturated heterocycles. The molecule has 2 unspecified atom stereocenters. The summed E-state index contributed by atoms with van der Waals surface area (Å²) < 4.78 is 5.37. The maximum absolute atomic E-state index is 12.5. The number of nitrogens with zero attached hydrogens (tertiary/aromatic N) is 1. The first-order valence-corrected chi connectivity index (χ1v) is 8.22. The summed E-state index contributed by atoms with van der Waals surface area (Å²) in [6.45, 7) is 5.31. The first kappa shape index (κ1) is 15.8. The van der Waals surface area contributed by atoms with Gasteiger partial charge in [0.05, 0.1) is 6.61 Å². The maximum atomic E-state index is 12.5. The monoisotopic (exact) mass is 282 g/mol. The van der Waals surface area contributed by atoms with Crippen LogP contribution >= 0.6 is 0 Å². The highest BCUT2D eigenvalue weighted by molar-refractivity contribution is 5.82. The van der Waals surface area contributed by atoms with Crippen LogP contribution in [0.5, 0.6) is 0 Å². The van der Waals surface area contributed by atoms with Crippen molar-refractivity contribution in [2.45, 2.75) is 76.4 Å². The van der Waals surface area contributed by atoms with Gasteiger partial charge in [0.15, 0.2) is 0 Å². The first-order valence-electron chi connectivity index (χ1n) is 8.22. The molecule has 1 saturated carbocycles. The lowest BCUT2D eigenvalue weighted by atomic mass is 9.93. The number of likely N-dealkylation sites (N-methyl/N-ethyl adjacent to an activating group) is 1. The largest absolute Gasteiger partial charge is 0.465 e. The zero-order chi connectivity index (χ0) is 14.6. The minimum atomic E-state index is -0.487. The molecule has 116 valence electrons. The second-order valence-corrected chi connectivity index (χ2v) is 6.60. The van der Waals surface area contributed by atoms with Crippen molar-refractivity contribution < 1.29 is 9.53 Å². The summed E-state index contributed by atoms with van der Waals surface area (Å²) in [6.07, 6.45) is 8.48. The number of esters is 1. The standard InChI is InChI=1S/C16H30N2O2/c1-4-20-15(19)16(11-13(2)18(3)12-16)17-14-9-7-5-6-8-10-14/h13-14,17H,4-12H2,1-3H3. The SMILES string of the molecule is CCOC(=O)C1(NC2CCCCCC2)CC(C)N(C)C1. The van der Waals surface area contributed by atoms with E-state index in [-0.39, 0.29) is 5.97 Å². The number of likely N-dealkylation sites (tertiary alicyclic amines) is 1. The van der Waals surface area contributed by atoms with Gasteiger partial charge in [0.25, 0.3) is 0 Å². The summed E-state index contributed by atoms with van der Waals surface area (Å²) in [7, 11) is 2.10. The van der Waals surface area contributed by atoms with Crippen molar-refractivity contribution in [1.82, 2.24) is 10.2 Å². The lowest BCUT2D eigenvalue weighted by Gasteiger charge is -2.32. The molecule has 2 rings (SSSR count). The Morgan fingerprint density at radius 2 is 1.95 bits per heavy atom. The third kappa shape index (κ3) is 3.53. The Hall–Kier alpha value is -0.610. The van der Waals surface area contributed by atoms with Gasteiger partial charge in [-0.1, -0.05) is 25.7 Å². The fourth-order valence-corrected chi connectivity index (χ4v) is 3.70. The van der Waals surface area contributed by atoms with Gasteiger partial charge < -0.3 is 9.64 Å². The molecule has 20 heavy (non-hydrogen) atoms. The van der Waals surface area contributed by atoms with E-state index < -0.39 is 5.54 Å². The molecule has 0 aromatic heterocycles. The molecule has 2 aliphatic rings. The molecule has 1 heterocycles. The van der Waals surface area contributed by atoms with Gasteiger partial charge in [0.1, 0.15) is 5.54 Å². The summed E-state index contributed by atoms with van der Waals surface area (Å²) in [6, 6.07) is 0.901. The highest BCUT2D eigenvalue weighted by atomic mass is 16.5. The number of nitrogens with one attached hydrogen (secondary N) is 1. The summed E-state index contributed by atoms with van der Waals surface area (Å²) >= 11 is 0. The van der Waals surface area contributed by atoms with Crippen LogP contribution in [-0.4, -0.2) is 48.7 Å². The third-order valence-corrected chi connectivity index (χ3v) is 4.92. The minimum Gasteiger partial charge on any atom is -0.465 e. The normalized spacial score (nSPS) is 33.0. The van der Waals surface area contributed by atoms with Crippen LogP contribution in [0.3, 0.4) is 0 Å². The van der Waals surface area contributed by atoms with E-state index in [1.165, 1.54) is 38.5 Å². The molecule has 1 N–H and O–H groups in total. The van der Waals surface area contributed by atoms with Crippen LogP contribution in [-0.2, 0) is 9.53 Å². The average Bonchev–Trinajstić information content (AvgIpc) is 2.59. The van der Waals surface area contributed by atoms with Crippen molar-refractivity contribution in [2.24, 2.45) is 0 Å². The minimum absolute atomic E-state index is 0.0551. The molecule has 4 heteroatoms. The van der Waals surface area contributed by atoms with Crippen LogP contribution in [0.1, 0.15) is 58.8 Å². The maximum Gasteiger partial charge on any atom is 0.327 e. The molecule has 2 atom stereocenters. The van der Waals surface area contributed by atoms with Gasteiger partial charge in [-0.25, -0.2) is 4.79 Å². The van der Waals surface area contributed by atoms with Gasteiger partial charge in [-0.15, -0.1) is 0 Å². The fraction of sp³-hybridized carbons (Fsp3) is 0.938. The number of rotatable bonds is 4. The Labute approximate surface area is 123 Å². The molecular formula is C16H30N2O2. The number of carbonyl (C=O) groups excluding carboxylic acids is 1. The molecule has 0 bridgehead atoms. The average molecular weight is 282 g/mol. The van der Waals surface area contributed by atoms with E-state index >= 15 is 0 Å². The fourth-order valence-electron chi connectivity index (χ4n) is 3.70. The van der Waals surface area contributed by atoms with E-state index in [0.29, 0.717) is 18.7 Å². The molecular weight excluding hydrogens is 252 g/mol. The summed E-state index contributed by atoms with van der Waals surface area (Å²) in [5.41, 5.74) is -0.487. The second kappa shape index (κ2) is 6.90. The van der Waals surface area contributed by atoms with Crippen molar-refractivity contribution in [3.63, 3.8) is 0 Å². The number of hydrogen-bond donors (Lipinski definition) is 1. The van der Waals surface area contributed by atoms with Gasteiger partial charge in [0, 0.05) is 18.6 Å². The van der Waals surface area contributed by atoms with Gasteiger partial charge in [0.2, 0.25) is 0 Å². The highest BCUT2D eigenvalue weighted by Gasteiger charge is 2.48. The molecule has 4 nitrogen and oxygen atoms in total. The Morgan fingerprint density at radius 3 is 2.45 bits per heavy atom. The smallest absolute Gasteiger partial charge is 0.327 e. The summed E-state index contributed by atoms with van der Waals surface area (Å²) in [5.74, 6) is -0.0551. The Kier molecular flexibility index (Phi) is 5.44. The van der Waals surface area contributed by atoms with E-state index in [1.807, 2.05) is 6.92 Å². The van der Waals surface area contributed by atoms with Crippen molar-refractivity contribution >= 4 is 5.97 Å². The number of carbonyl (C=O) groups is 1. The number of ether oxygens (including phenoxy) is 1. The van der Waals surface area contributed by atoms with Crippen LogP contribution in [0.2, 0.25) is 0 Å². The summed E-state index contributed by atoms with van der Waals surface area (Å²) in [4.78, 5) is 14.8. The Balaban J connectivity index is 2.08. The second-order valence-electron chi connectivity index (χ2n) is 6.60. The van der Waals surface area contributed by atoms with Crippen LogP contribution < -0.4 is 5.32 Å². The predicted octanol–water partition coefficient (Wildman–Crippen LogP) is 2.32. The van der Waals surface area contributed by atoms with E-state index in [0.717, 1.165) is 13.0 Å². The number of hydrogen-bond acceptors (Lipinski definition) is 4. The first-order chi connectivity index (χ1) is 9.57. The van der Waals surface area contributed by atoms with Crippen molar-refractivity contribution in [3.8, 4) is 0 Å².